The van der Waals surface area contributed by atoms with Crippen molar-refractivity contribution in [2.24, 2.45) is 5.10 Å². The average Bonchev–Trinajstić information content (AvgIpc) is 3.07. The fourth-order valence-corrected chi connectivity index (χ4v) is 2.11. The average molecular weight is 322 g/mol. The Morgan fingerprint density at radius 3 is 2.71 bits per heavy atom. The molecule has 1 heterocycles. The van der Waals surface area contributed by atoms with Crippen molar-refractivity contribution >= 4 is 12.1 Å². The summed E-state index contributed by atoms with van der Waals surface area (Å²) in [5.41, 5.74) is 5.63. The number of carbonyl (C=O) groups is 1. The number of rotatable bonds is 4. The number of benzene rings is 2. The molecule has 0 saturated heterocycles. The first-order valence-corrected chi connectivity index (χ1v) is 7.34. The largest absolute Gasteiger partial charge is 0.289 e. The summed E-state index contributed by atoms with van der Waals surface area (Å²) in [4.78, 5) is 12.0. The number of halogens is 1. The molecule has 0 aliphatic heterocycles. The summed E-state index contributed by atoms with van der Waals surface area (Å²) in [7, 11) is 0. The topological polar surface area (TPSA) is 70.1 Å². The van der Waals surface area contributed by atoms with Crippen LogP contribution in [-0.4, -0.2) is 22.3 Å². The molecule has 0 spiro atoms. The highest BCUT2D eigenvalue weighted by Crippen LogP contribution is 2.18. The van der Waals surface area contributed by atoms with Crippen molar-refractivity contribution in [3.05, 3.63) is 77.2 Å². The molecule has 0 aliphatic carbocycles. The smallest absolute Gasteiger partial charge is 0.272 e. The van der Waals surface area contributed by atoms with Gasteiger partial charge in [-0.3, -0.25) is 9.89 Å². The van der Waals surface area contributed by atoms with Crippen LogP contribution >= 0.6 is 0 Å². The lowest BCUT2D eigenvalue weighted by molar-refractivity contribution is 0.0950. The first-order valence-electron chi connectivity index (χ1n) is 7.34. The number of aryl methyl sites for hydroxylation is 1. The van der Waals surface area contributed by atoms with Gasteiger partial charge in [-0.1, -0.05) is 48.0 Å². The van der Waals surface area contributed by atoms with E-state index in [-0.39, 0.29) is 5.69 Å². The number of hydrazone groups is 1. The van der Waals surface area contributed by atoms with Gasteiger partial charge in [0.15, 0.2) is 0 Å². The quantitative estimate of drug-likeness (QED) is 0.571. The van der Waals surface area contributed by atoms with E-state index in [1.165, 1.54) is 12.3 Å². The van der Waals surface area contributed by atoms with Crippen LogP contribution in [0.5, 0.6) is 0 Å². The molecule has 2 aromatic carbocycles. The van der Waals surface area contributed by atoms with E-state index in [2.05, 4.69) is 20.7 Å². The number of nitrogens with one attached hydrogen (secondary N) is 2. The van der Waals surface area contributed by atoms with Gasteiger partial charge >= 0.3 is 0 Å². The van der Waals surface area contributed by atoms with E-state index in [1.807, 2.05) is 31.2 Å². The van der Waals surface area contributed by atoms with Gasteiger partial charge in [-0.25, -0.2) is 9.82 Å². The van der Waals surface area contributed by atoms with E-state index >= 15 is 0 Å². The number of hydrogen-bond donors (Lipinski definition) is 2. The molecule has 1 amide bonds. The lowest BCUT2D eigenvalue weighted by Gasteiger charge is -1.97. The van der Waals surface area contributed by atoms with Crippen LogP contribution in [0.2, 0.25) is 0 Å². The highest BCUT2D eigenvalue weighted by molar-refractivity contribution is 5.94. The van der Waals surface area contributed by atoms with Crippen molar-refractivity contribution in [3.63, 3.8) is 0 Å². The van der Waals surface area contributed by atoms with Crippen molar-refractivity contribution in [1.82, 2.24) is 15.6 Å². The lowest BCUT2D eigenvalue weighted by Crippen LogP contribution is -2.18. The molecule has 0 radical (unpaired) electrons. The molecule has 0 fully saturated rings. The predicted octanol–water partition coefficient (Wildman–Crippen LogP) is 3.29. The summed E-state index contributed by atoms with van der Waals surface area (Å²) in [6, 6.07) is 15.6. The summed E-state index contributed by atoms with van der Waals surface area (Å²) in [6.45, 7) is 2.00. The van der Waals surface area contributed by atoms with E-state index in [0.29, 0.717) is 11.3 Å². The SMILES string of the molecule is Cc1ccc(-c2cc(C(=O)N/N=C\c3ccccc3F)[nH]n2)cc1. The highest BCUT2D eigenvalue weighted by Gasteiger charge is 2.10. The Morgan fingerprint density at radius 2 is 1.96 bits per heavy atom. The summed E-state index contributed by atoms with van der Waals surface area (Å²) < 4.78 is 13.4. The summed E-state index contributed by atoms with van der Waals surface area (Å²) >= 11 is 0. The Morgan fingerprint density at radius 1 is 1.21 bits per heavy atom. The van der Waals surface area contributed by atoms with Crippen LogP contribution in [0.25, 0.3) is 11.3 Å². The van der Waals surface area contributed by atoms with Gasteiger partial charge in [-0.15, -0.1) is 0 Å². The summed E-state index contributed by atoms with van der Waals surface area (Å²) in [5, 5.41) is 10.5. The number of carbonyl (C=O) groups excluding carboxylic acids is 1. The number of hydrogen-bond acceptors (Lipinski definition) is 3. The molecule has 120 valence electrons. The van der Waals surface area contributed by atoms with E-state index in [0.717, 1.165) is 11.1 Å². The fourth-order valence-electron chi connectivity index (χ4n) is 2.11. The third kappa shape index (κ3) is 3.55. The van der Waals surface area contributed by atoms with Crippen molar-refractivity contribution in [2.75, 3.05) is 0 Å². The number of aromatic nitrogens is 2. The second-order valence-corrected chi connectivity index (χ2v) is 5.25. The molecular formula is C18H15FN4O. The van der Waals surface area contributed by atoms with Crippen LogP contribution in [0.4, 0.5) is 4.39 Å². The highest BCUT2D eigenvalue weighted by atomic mass is 19.1. The van der Waals surface area contributed by atoms with Crippen molar-refractivity contribution in [3.8, 4) is 11.3 Å². The minimum Gasteiger partial charge on any atom is -0.272 e. The molecule has 3 aromatic rings. The number of nitrogens with zero attached hydrogens (tertiary/aromatic N) is 2. The van der Waals surface area contributed by atoms with Gasteiger partial charge < -0.3 is 0 Å². The molecule has 1 aromatic heterocycles. The maximum absolute atomic E-state index is 13.4. The molecular weight excluding hydrogens is 307 g/mol. The zero-order chi connectivity index (χ0) is 16.9. The molecule has 0 atom stereocenters. The first kappa shape index (κ1) is 15.6. The first-order chi connectivity index (χ1) is 11.6. The van der Waals surface area contributed by atoms with Crippen LogP contribution in [0.3, 0.4) is 0 Å². The molecule has 0 bridgehead atoms. The molecule has 6 heteroatoms. The number of amides is 1. The molecule has 0 saturated carbocycles. The Hall–Kier alpha value is -3.28. The number of H-pyrrole nitrogens is 1. The van der Waals surface area contributed by atoms with Crippen LogP contribution in [-0.2, 0) is 0 Å². The van der Waals surface area contributed by atoms with Gasteiger partial charge in [-0.2, -0.15) is 10.2 Å². The Kier molecular flexibility index (Phi) is 4.47. The molecule has 5 nitrogen and oxygen atoms in total. The molecule has 3 rings (SSSR count). The standard InChI is InChI=1S/C18H15FN4O/c1-12-6-8-13(9-7-12)16-10-17(22-21-16)18(24)23-20-11-14-4-2-3-5-15(14)19/h2-11H,1H3,(H,21,22)(H,23,24)/b20-11-. The molecule has 24 heavy (non-hydrogen) atoms. The maximum Gasteiger partial charge on any atom is 0.289 e. The maximum atomic E-state index is 13.4. The van der Waals surface area contributed by atoms with Crippen molar-refractivity contribution in [2.45, 2.75) is 6.92 Å². The van der Waals surface area contributed by atoms with Crippen molar-refractivity contribution < 1.29 is 9.18 Å². The number of aromatic amines is 1. The minimum atomic E-state index is -0.451. The zero-order valence-electron chi connectivity index (χ0n) is 13.0. The zero-order valence-corrected chi connectivity index (χ0v) is 13.0. The Bertz CT molecular complexity index is 884. The van der Waals surface area contributed by atoms with E-state index < -0.39 is 11.7 Å². The Labute approximate surface area is 138 Å². The van der Waals surface area contributed by atoms with Crippen LogP contribution in [0.1, 0.15) is 21.6 Å². The van der Waals surface area contributed by atoms with Gasteiger partial charge in [-0.05, 0) is 19.1 Å². The van der Waals surface area contributed by atoms with Gasteiger partial charge in [0.1, 0.15) is 11.5 Å². The van der Waals surface area contributed by atoms with Gasteiger partial charge in [0, 0.05) is 11.1 Å². The Balaban J connectivity index is 1.68. The molecule has 2 N–H and O–H groups in total. The van der Waals surface area contributed by atoms with Crippen molar-refractivity contribution in [1.29, 1.82) is 0 Å². The van der Waals surface area contributed by atoms with Crippen LogP contribution in [0.15, 0.2) is 59.7 Å². The van der Waals surface area contributed by atoms with E-state index in [1.54, 1.807) is 24.3 Å². The van der Waals surface area contributed by atoms with Crippen LogP contribution < -0.4 is 5.43 Å². The second-order valence-electron chi connectivity index (χ2n) is 5.25. The molecule has 0 unspecified atom stereocenters. The second kappa shape index (κ2) is 6.87. The summed E-state index contributed by atoms with van der Waals surface area (Å²) in [6.07, 6.45) is 1.25. The summed E-state index contributed by atoms with van der Waals surface area (Å²) in [5.74, 6) is -0.854. The minimum absolute atomic E-state index is 0.274. The lowest BCUT2D eigenvalue weighted by atomic mass is 10.1. The third-order valence-electron chi connectivity index (χ3n) is 3.44. The van der Waals surface area contributed by atoms with Gasteiger partial charge in [0.2, 0.25) is 0 Å². The third-order valence-corrected chi connectivity index (χ3v) is 3.44. The van der Waals surface area contributed by atoms with Gasteiger partial charge in [0.05, 0.1) is 11.9 Å². The van der Waals surface area contributed by atoms with E-state index in [9.17, 15) is 9.18 Å². The fraction of sp³-hybridized carbons (Fsp3) is 0.0556. The van der Waals surface area contributed by atoms with Gasteiger partial charge in [0.25, 0.3) is 5.91 Å². The van der Waals surface area contributed by atoms with Crippen LogP contribution in [0, 0.1) is 12.7 Å². The van der Waals surface area contributed by atoms with E-state index in [4.69, 9.17) is 0 Å². The molecule has 0 aliphatic rings. The normalized spacial score (nSPS) is 10.9. The monoisotopic (exact) mass is 322 g/mol. The predicted molar refractivity (Wildman–Crippen MR) is 90.2 cm³/mol.